The number of nitrogens with zero attached hydrogens (tertiary/aromatic N) is 2. The van der Waals surface area contributed by atoms with Gasteiger partial charge < -0.3 is 9.84 Å². The number of carbonyl (C=O) groups excluding carboxylic acids is 1. The van der Waals surface area contributed by atoms with Crippen LogP contribution < -0.4 is 5.32 Å². The average molecular weight is 376 g/mol. The highest BCUT2D eigenvalue weighted by molar-refractivity contribution is 6.33. The summed E-state index contributed by atoms with van der Waals surface area (Å²) in [5, 5.41) is 7.78. The van der Waals surface area contributed by atoms with Gasteiger partial charge in [-0.2, -0.15) is 0 Å². The van der Waals surface area contributed by atoms with Gasteiger partial charge in [0.05, 0.1) is 5.02 Å². The molecule has 1 N–H and O–H groups in total. The van der Waals surface area contributed by atoms with E-state index in [0.717, 1.165) is 25.9 Å². The Balaban J connectivity index is 1.74. The highest BCUT2D eigenvalue weighted by Gasteiger charge is 2.29. The van der Waals surface area contributed by atoms with Gasteiger partial charge in [-0.15, -0.1) is 0 Å². The molecule has 0 spiro atoms. The number of benzene rings is 1. The Kier molecular flexibility index (Phi) is 5.39. The molecule has 0 saturated carbocycles. The Morgan fingerprint density at radius 1 is 1.27 bits per heavy atom. The van der Waals surface area contributed by atoms with Gasteiger partial charge in [-0.05, 0) is 46.6 Å². The second-order valence-corrected chi connectivity index (χ2v) is 8.26. The summed E-state index contributed by atoms with van der Waals surface area (Å²) >= 11 is 6.28. The quantitative estimate of drug-likeness (QED) is 0.869. The molecule has 6 heteroatoms. The maximum Gasteiger partial charge on any atom is 0.257 e. The van der Waals surface area contributed by atoms with E-state index in [4.69, 9.17) is 16.1 Å². The Morgan fingerprint density at radius 3 is 2.54 bits per heavy atom. The van der Waals surface area contributed by atoms with Crippen molar-refractivity contribution >= 4 is 17.5 Å². The van der Waals surface area contributed by atoms with Crippen LogP contribution in [0.1, 0.15) is 49.7 Å². The van der Waals surface area contributed by atoms with Crippen LogP contribution in [-0.2, 0) is 0 Å². The molecule has 1 aliphatic rings. The lowest BCUT2D eigenvalue weighted by molar-refractivity contribution is 0.0812. The van der Waals surface area contributed by atoms with Gasteiger partial charge in [0.25, 0.3) is 5.91 Å². The van der Waals surface area contributed by atoms with Crippen molar-refractivity contribution in [2.45, 2.75) is 52.1 Å². The molecule has 0 atom stereocenters. The van der Waals surface area contributed by atoms with E-state index in [2.05, 4.69) is 36.1 Å². The smallest absolute Gasteiger partial charge is 0.257 e. The van der Waals surface area contributed by atoms with Crippen LogP contribution in [0.3, 0.4) is 0 Å². The van der Waals surface area contributed by atoms with Crippen molar-refractivity contribution < 1.29 is 9.32 Å². The molecule has 0 bridgehead atoms. The molecule has 0 unspecified atom stereocenters. The van der Waals surface area contributed by atoms with Gasteiger partial charge in [0, 0.05) is 30.2 Å². The minimum absolute atomic E-state index is 0.145. The lowest BCUT2D eigenvalue weighted by atomic mass is 9.97. The molecule has 2 aromatic rings. The van der Waals surface area contributed by atoms with Gasteiger partial charge in [0.1, 0.15) is 17.0 Å². The van der Waals surface area contributed by atoms with E-state index in [1.165, 1.54) is 0 Å². The van der Waals surface area contributed by atoms with Crippen LogP contribution in [0.5, 0.6) is 0 Å². The Hall–Kier alpha value is -1.85. The first-order valence-electron chi connectivity index (χ1n) is 9.04. The number of likely N-dealkylation sites (tertiary alicyclic amines) is 1. The van der Waals surface area contributed by atoms with Crippen LogP contribution in [0.25, 0.3) is 11.3 Å². The van der Waals surface area contributed by atoms with Crippen LogP contribution in [0.4, 0.5) is 0 Å². The normalized spacial score (nSPS) is 16.7. The van der Waals surface area contributed by atoms with Crippen LogP contribution in [-0.4, -0.2) is 40.6 Å². The fraction of sp³-hybridized carbons (Fsp3) is 0.500. The Morgan fingerprint density at radius 2 is 1.92 bits per heavy atom. The first-order valence-corrected chi connectivity index (χ1v) is 9.42. The van der Waals surface area contributed by atoms with E-state index < -0.39 is 0 Å². The largest absolute Gasteiger partial charge is 0.360 e. The number of hydrogen-bond acceptors (Lipinski definition) is 4. The zero-order valence-electron chi connectivity index (χ0n) is 15.8. The number of hydrogen-bond donors (Lipinski definition) is 1. The SMILES string of the molecule is Cc1onc(-c2ccccc2Cl)c1C(=O)NC1CCN(C(C)(C)C)CC1. The van der Waals surface area contributed by atoms with Gasteiger partial charge in [-0.1, -0.05) is 35.0 Å². The van der Waals surface area contributed by atoms with E-state index in [1.54, 1.807) is 13.0 Å². The van der Waals surface area contributed by atoms with Gasteiger partial charge >= 0.3 is 0 Å². The van der Waals surface area contributed by atoms with E-state index in [1.807, 2.05) is 18.2 Å². The van der Waals surface area contributed by atoms with E-state index in [9.17, 15) is 4.79 Å². The van der Waals surface area contributed by atoms with Crippen molar-refractivity contribution in [2.75, 3.05) is 13.1 Å². The van der Waals surface area contributed by atoms with E-state index in [0.29, 0.717) is 27.6 Å². The molecule has 0 radical (unpaired) electrons. The van der Waals surface area contributed by atoms with Crippen LogP contribution in [0.2, 0.25) is 5.02 Å². The fourth-order valence-corrected chi connectivity index (χ4v) is 3.65. The van der Waals surface area contributed by atoms with Crippen molar-refractivity contribution in [3.05, 3.63) is 40.6 Å². The Labute approximate surface area is 159 Å². The fourth-order valence-electron chi connectivity index (χ4n) is 3.43. The van der Waals surface area contributed by atoms with Crippen molar-refractivity contribution in [3.63, 3.8) is 0 Å². The van der Waals surface area contributed by atoms with Crippen molar-refractivity contribution in [1.82, 2.24) is 15.4 Å². The molecule has 1 aromatic carbocycles. The molecule has 1 fully saturated rings. The molecule has 1 aliphatic heterocycles. The highest BCUT2D eigenvalue weighted by atomic mass is 35.5. The summed E-state index contributed by atoms with van der Waals surface area (Å²) < 4.78 is 5.30. The number of piperidine rings is 1. The first kappa shape index (κ1) is 18.9. The van der Waals surface area contributed by atoms with E-state index in [-0.39, 0.29) is 17.5 Å². The first-order chi connectivity index (χ1) is 12.3. The maximum absolute atomic E-state index is 12.9. The second-order valence-electron chi connectivity index (χ2n) is 7.85. The molecule has 140 valence electrons. The number of aromatic nitrogens is 1. The number of amides is 1. The van der Waals surface area contributed by atoms with Crippen molar-refractivity contribution in [3.8, 4) is 11.3 Å². The van der Waals surface area contributed by atoms with Gasteiger partial charge in [0.15, 0.2) is 0 Å². The Bertz CT molecular complexity index is 787. The topological polar surface area (TPSA) is 58.4 Å². The second kappa shape index (κ2) is 7.41. The number of aryl methyl sites for hydroxylation is 1. The maximum atomic E-state index is 12.9. The van der Waals surface area contributed by atoms with Gasteiger partial charge in [-0.25, -0.2) is 0 Å². The van der Waals surface area contributed by atoms with Gasteiger partial charge in [0.2, 0.25) is 0 Å². The molecular weight excluding hydrogens is 350 g/mol. The summed E-state index contributed by atoms with van der Waals surface area (Å²) in [6.45, 7) is 10.4. The summed E-state index contributed by atoms with van der Waals surface area (Å²) in [5.41, 5.74) is 1.84. The number of nitrogens with one attached hydrogen (secondary N) is 1. The predicted molar refractivity (Wildman–Crippen MR) is 104 cm³/mol. The molecule has 1 aromatic heterocycles. The molecule has 2 heterocycles. The predicted octanol–water partition coefficient (Wildman–Crippen LogP) is 4.30. The molecule has 0 aliphatic carbocycles. The molecule has 5 nitrogen and oxygen atoms in total. The highest BCUT2D eigenvalue weighted by Crippen LogP contribution is 2.31. The molecular formula is C20H26ClN3O2. The third-order valence-electron chi connectivity index (χ3n) is 5.00. The van der Waals surface area contributed by atoms with E-state index >= 15 is 0 Å². The lowest BCUT2D eigenvalue weighted by Gasteiger charge is -2.41. The molecule has 1 amide bonds. The summed E-state index contributed by atoms with van der Waals surface area (Å²) in [6.07, 6.45) is 1.88. The summed E-state index contributed by atoms with van der Waals surface area (Å²) in [6, 6.07) is 7.51. The number of rotatable bonds is 3. The molecule has 1 saturated heterocycles. The number of carbonyl (C=O) groups is 1. The summed E-state index contributed by atoms with van der Waals surface area (Å²) in [4.78, 5) is 15.4. The summed E-state index contributed by atoms with van der Waals surface area (Å²) in [5.74, 6) is 0.359. The molecule has 3 rings (SSSR count). The standard InChI is InChI=1S/C20H26ClN3O2/c1-13-17(18(23-26-13)15-7-5-6-8-16(15)21)19(25)22-14-9-11-24(12-10-14)20(2,3)4/h5-8,14H,9-12H2,1-4H3,(H,22,25). The van der Waals surface area contributed by atoms with Crippen molar-refractivity contribution in [2.24, 2.45) is 0 Å². The monoisotopic (exact) mass is 375 g/mol. The molecule has 26 heavy (non-hydrogen) atoms. The van der Waals surface area contributed by atoms with Crippen LogP contribution >= 0.6 is 11.6 Å². The summed E-state index contributed by atoms with van der Waals surface area (Å²) in [7, 11) is 0. The van der Waals surface area contributed by atoms with Crippen molar-refractivity contribution in [1.29, 1.82) is 0 Å². The minimum atomic E-state index is -0.145. The minimum Gasteiger partial charge on any atom is -0.360 e. The third-order valence-corrected chi connectivity index (χ3v) is 5.33. The van der Waals surface area contributed by atoms with Gasteiger partial charge in [-0.3, -0.25) is 9.69 Å². The average Bonchev–Trinajstić information content (AvgIpc) is 2.96. The lowest BCUT2D eigenvalue weighted by Crippen LogP contribution is -2.50. The zero-order chi connectivity index (χ0) is 18.9. The third kappa shape index (κ3) is 3.94. The van der Waals surface area contributed by atoms with Crippen LogP contribution in [0, 0.1) is 6.92 Å². The van der Waals surface area contributed by atoms with Crippen LogP contribution in [0.15, 0.2) is 28.8 Å². The zero-order valence-corrected chi connectivity index (χ0v) is 16.6. The number of halogens is 1.